The fourth-order valence-corrected chi connectivity index (χ4v) is 2.81. The summed E-state index contributed by atoms with van der Waals surface area (Å²) in [6.07, 6.45) is 4.16. The Labute approximate surface area is 156 Å². The van der Waals surface area contributed by atoms with E-state index in [-0.39, 0.29) is 5.91 Å². The number of carbonyl (C=O) groups excluding carboxylic acids is 1. The van der Waals surface area contributed by atoms with Gasteiger partial charge in [-0.3, -0.25) is 4.79 Å². The Hall–Kier alpha value is -2.56. The second-order valence-electron chi connectivity index (χ2n) is 6.38. The highest BCUT2D eigenvalue weighted by Gasteiger charge is 2.06. The first-order valence-electron chi connectivity index (χ1n) is 9.45. The van der Waals surface area contributed by atoms with E-state index in [0.717, 1.165) is 43.1 Å². The van der Waals surface area contributed by atoms with E-state index in [4.69, 9.17) is 0 Å². The number of aromatic nitrogens is 1. The molecule has 0 aliphatic rings. The number of carbonyl (C=O) groups is 1. The summed E-state index contributed by atoms with van der Waals surface area (Å²) in [6.45, 7) is 10.5. The number of unbranched alkanes of at least 4 members (excludes halogenated alkanes) is 1. The van der Waals surface area contributed by atoms with Crippen LogP contribution in [0.4, 0.5) is 22.9 Å². The molecule has 2 rings (SSSR count). The van der Waals surface area contributed by atoms with E-state index in [9.17, 15) is 4.79 Å². The summed E-state index contributed by atoms with van der Waals surface area (Å²) in [7, 11) is 0. The maximum absolute atomic E-state index is 11.8. The molecule has 0 aliphatic carbocycles. The van der Waals surface area contributed by atoms with E-state index in [0.29, 0.717) is 6.42 Å². The van der Waals surface area contributed by atoms with Crippen molar-refractivity contribution in [1.29, 1.82) is 0 Å². The summed E-state index contributed by atoms with van der Waals surface area (Å²) in [6, 6.07) is 10.2. The topological polar surface area (TPSA) is 57.3 Å². The zero-order valence-corrected chi connectivity index (χ0v) is 16.3. The zero-order valence-electron chi connectivity index (χ0n) is 16.3. The molecular formula is C21H30N4O. The van der Waals surface area contributed by atoms with Gasteiger partial charge in [0.2, 0.25) is 5.91 Å². The van der Waals surface area contributed by atoms with Crippen molar-refractivity contribution >= 4 is 28.8 Å². The first kappa shape index (κ1) is 19.8. The molecule has 2 N–H and O–H groups in total. The van der Waals surface area contributed by atoms with Crippen LogP contribution in [0, 0.1) is 6.92 Å². The fourth-order valence-electron chi connectivity index (χ4n) is 2.81. The molecular weight excluding hydrogens is 324 g/mol. The number of rotatable bonds is 9. The number of amides is 1. The Morgan fingerprint density at radius 1 is 1.12 bits per heavy atom. The first-order chi connectivity index (χ1) is 12.6. The van der Waals surface area contributed by atoms with Crippen LogP contribution in [0.2, 0.25) is 0 Å². The number of nitrogens with one attached hydrogen (secondary N) is 2. The number of aryl methyl sites for hydroxylation is 1. The molecule has 5 nitrogen and oxygen atoms in total. The number of hydrogen-bond acceptors (Lipinski definition) is 4. The Bertz CT molecular complexity index is 708. The van der Waals surface area contributed by atoms with Gasteiger partial charge in [-0.05, 0) is 63.1 Å². The minimum Gasteiger partial charge on any atom is -0.372 e. The monoisotopic (exact) mass is 354 g/mol. The standard InChI is InChI=1S/C21H30N4O/c1-5-8-9-21(26)23-17-10-13-20(22-15-17)24-19-12-11-18(14-16(19)4)25(6-2)7-3/h10-15H,5-9H2,1-4H3,(H,22,24)(H,23,26). The molecule has 0 fully saturated rings. The first-order valence-corrected chi connectivity index (χ1v) is 9.45. The molecule has 0 bridgehead atoms. The van der Waals surface area contributed by atoms with Crippen molar-refractivity contribution in [2.24, 2.45) is 0 Å². The van der Waals surface area contributed by atoms with Crippen molar-refractivity contribution in [3.05, 3.63) is 42.1 Å². The Kier molecular flexibility index (Phi) is 7.45. The normalized spacial score (nSPS) is 10.5. The molecule has 0 unspecified atom stereocenters. The molecule has 0 atom stereocenters. The second kappa shape index (κ2) is 9.80. The lowest BCUT2D eigenvalue weighted by Gasteiger charge is -2.22. The van der Waals surface area contributed by atoms with Gasteiger partial charge in [-0.2, -0.15) is 0 Å². The van der Waals surface area contributed by atoms with Gasteiger partial charge < -0.3 is 15.5 Å². The minimum absolute atomic E-state index is 0.0391. The van der Waals surface area contributed by atoms with Crippen LogP contribution in [0.1, 0.15) is 45.6 Å². The average molecular weight is 354 g/mol. The van der Waals surface area contributed by atoms with Gasteiger partial charge in [0.1, 0.15) is 5.82 Å². The van der Waals surface area contributed by atoms with Crippen LogP contribution in [-0.4, -0.2) is 24.0 Å². The maximum atomic E-state index is 11.8. The molecule has 140 valence electrons. The molecule has 0 saturated heterocycles. The third kappa shape index (κ3) is 5.48. The van der Waals surface area contributed by atoms with Gasteiger partial charge in [0.15, 0.2) is 0 Å². The highest BCUT2D eigenvalue weighted by molar-refractivity contribution is 5.90. The van der Waals surface area contributed by atoms with Crippen LogP contribution in [-0.2, 0) is 4.79 Å². The predicted molar refractivity (Wildman–Crippen MR) is 110 cm³/mol. The molecule has 1 amide bonds. The molecule has 1 heterocycles. The van der Waals surface area contributed by atoms with Crippen molar-refractivity contribution in [3.63, 3.8) is 0 Å². The molecule has 0 spiro atoms. The molecule has 26 heavy (non-hydrogen) atoms. The molecule has 0 aliphatic heterocycles. The van der Waals surface area contributed by atoms with Crippen molar-refractivity contribution < 1.29 is 4.79 Å². The molecule has 1 aromatic carbocycles. The number of nitrogens with zero attached hydrogens (tertiary/aromatic N) is 2. The number of anilines is 4. The van der Waals surface area contributed by atoms with E-state index in [1.165, 1.54) is 11.3 Å². The van der Waals surface area contributed by atoms with Crippen LogP contribution in [0.3, 0.4) is 0 Å². The van der Waals surface area contributed by atoms with Crippen molar-refractivity contribution in [3.8, 4) is 0 Å². The van der Waals surface area contributed by atoms with Gasteiger partial charge in [0.05, 0.1) is 11.9 Å². The Morgan fingerprint density at radius 2 is 1.88 bits per heavy atom. The minimum atomic E-state index is 0.0391. The average Bonchev–Trinajstić information content (AvgIpc) is 2.64. The molecule has 5 heteroatoms. The fraction of sp³-hybridized carbons (Fsp3) is 0.429. The largest absolute Gasteiger partial charge is 0.372 e. The lowest BCUT2D eigenvalue weighted by atomic mass is 10.1. The third-order valence-electron chi connectivity index (χ3n) is 4.41. The molecule has 2 aromatic rings. The van der Waals surface area contributed by atoms with Gasteiger partial charge in [-0.15, -0.1) is 0 Å². The number of hydrogen-bond donors (Lipinski definition) is 2. The van der Waals surface area contributed by atoms with Crippen LogP contribution < -0.4 is 15.5 Å². The van der Waals surface area contributed by atoms with Gasteiger partial charge in [-0.25, -0.2) is 4.98 Å². The van der Waals surface area contributed by atoms with Crippen molar-refractivity contribution in [2.45, 2.75) is 47.0 Å². The summed E-state index contributed by atoms with van der Waals surface area (Å²) >= 11 is 0. The summed E-state index contributed by atoms with van der Waals surface area (Å²) in [5.74, 6) is 0.799. The van der Waals surface area contributed by atoms with Crippen LogP contribution >= 0.6 is 0 Å². The molecule has 0 saturated carbocycles. The quantitative estimate of drug-likeness (QED) is 0.657. The van der Waals surface area contributed by atoms with Crippen molar-refractivity contribution in [2.75, 3.05) is 28.6 Å². The number of pyridine rings is 1. The highest BCUT2D eigenvalue weighted by Crippen LogP contribution is 2.25. The third-order valence-corrected chi connectivity index (χ3v) is 4.41. The van der Waals surface area contributed by atoms with E-state index in [2.05, 4.69) is 66.4 Å². The van der Waals surface area contributed by atoms with Crippen LogP contribution in [0.15, 0.2) is 36.5 Å². The van der Waals surface area contributed by atoms with Gasteiger partial charge in [0, 0.05) is 30.9 Å². The van der Waals surface area contributed by atoms with Gasteiger partial charge in [-0.1, -0.05) is 13.3 Å². The zero-order chi connectivity index (χ0) is 18.9. The summed E-state index contributed by atoms with van der Waals surface area (Å²) in [5.41, 5.74) is 4.17. The van der Waals surface area contributed by atoms with E-state index >= 15 is 0 Å². The smallest absolute Gasteiger partial charge is 0.224 e. The highest BCUT2D eigenvalue weighted by atomic mass is 16.1. The van der Waals surface area contributed by atoms with Crippen LogP contribution in [0.5, 0.6) is 0 Å². The van der Waals surface area contributed by atoms with E-state index in [1.54, 1.807) is 6.20 Å². The second-order valence-corrected chi connectivity index (χ2v) is 6.38. The number of benzene rings is 1. The van der Waals surface area contributed by atoms with E-state index in [1.807, 2.05) is 12.1 Å². The summed E-state index contributed by atoms with van der Waals surface area (Å²) < 4.78 is 0. The van der Waals surface area contributed by atoms with E-state index < -0.39 is 0 Å². The molecule has 0 radical (unpaired) electrons. The summed E-state index contributed by atoms with van der Waals surface area (Å²) in [4.78, 5) is 18.5. The SMILES string of the molecule is CCCCC(=O)Nc1ccc(Nc2ccc(N(CC)CC)cc2C)nc1. The maximum Gasteiger partial charge on any atom is 0.224 e. The lowest BCUT2D eigenvalue weighted by Crippen LogP contribution is -2.21. The van der Waals surface area contributed by atoms with Crippen LogP contribution in [0.25, 0.3) is 0 Å². The van der Waals surface area contributed by atoms with Crippen molar-refractivity contribution in [1.82, 2.24) is 4.98 Å². The Morgan fingerprint density at radius 3 is 2.46 bits per heavy atom. The molecule has 1 aromatic heterocycles. The van der Waals surface area contributed by atoms with Gasteiger partial charge in [0.25, 0.3) is 0 Å². The summed E-state index contributed by atoms with van der Waals surface area (Å²) in [5, 5.41) is 6.22. The predicted octanol–water partition coefficient (Wildman–Crippen LogP) is 5.11. The van der Waals surface area contributed by atoms with Gasteiger partial charge >= 0.3 is 0 Å². The lowest BCUT2D eigenvalue weighted by molar-refractivity contribution is -0.116. The Balaban J connectivity index is 2.01.